The maximum Gasteiger partial charge on any atom is 0.230 e. The number of hydrogen-bond acceptors (Lipinski definition) is 6. The Morgan fingerprint density at radius 2 is 2.05 bits per heavy atom. The number of likely N-dealkylation sites (N-methyl/N-ethyl adjacent to an activating group) is 1. The molecule has 118 valence electrons. The third-order valence-electron chi connectivity index (χ3n) is 4.91. The van der Waals surface area contributed by atoms with E-state index in [0.29, 0.717) is 24.4 Å². The zero-order valence-corrected chi connectivity index (χ0v) is 13.0. The number of nitrogens with zero attached hydrogens (tertiary/aromatic N) is 4. The quantitative estimate of drug-likeness (QED) is 0.880. The SMILES string of the molecule is CCN(Cc1nnc(C)o1)[C@@H]1CN(C2CCCC2)C[C@H]1O. The molecule has 1 aliphatic carbocycles. The van der Waals surface area contributed by atoms with E-state index in [9.17, 15) is 5.11 Å². The molecule has 1 aromatic rings. The fourth-order valence-electron chi connectivity index (χ4n) is 3.76. The van der Waals surface area contributed by atoms with Crippen LogP contribution in [0.2, 0.25) is 0 Å². The van der Waals surface area contributed by atoms with E-state index in [2.05, 4.69) is 26.9 Å². The molecule has 0 bridgehead atoms. The summed E-state index contributed by atoms with van der Waals surface area (Å²) in [5.41, 5.74) is 0. The fraction of sp³-hybridized carbons (Fsp3) is 0.867. The van der Waals surface area contributed by atoms with Gasteiger partial charge in [-0.05, 0) is 19.4 Å². The molecular weight excluding hydrogens is 268 g/mol. The highest BCUT2D eigenvalue weighted by atomic mass is 16.4. The van der Waals surface area contributed by atoms with E-state index in [1.54, 1.807) is 6.92 Å². The van der Waals surface area contributed by atoms with Crippen LogP contribution in [0.1, 0.15) is 44.4 Å². The summed E-state index contributed by atoms with van der Waals surface area (Å²) in [5.74, 6) is 1.24. The minimum absolute atomic E-state index is 0.169. The largest absolute Gasteiger partial charge is 0.424 e. The Morgan fingerprint density at radius 3 is 2.67 bits per heavy atom. The van der Waals surface area contributed by atoms with Crippen molar-refractivity contribution < 1.29 is 9.52 Å². The standard InChI is InChI=1S/C15H26N4O2/c1-3-18(10-15-17-16-11(2)21-15)13-8-19(9-14(13)20)12-6-4-5-7-12/h12-14,20H,3-10H2,1-2H3/t13-,14-/m1/s1. The second kappa shape index (κ2) is 6.42. The number of aromatic nitrogens is 2. The van der Waals surface area contributed by atoms with Crippen LogP contribution in [0.3, 0.4) is 0 Å². The van der Waals surface area contributed by atoms with Crippen LogP contribution in [-0.4, -0.2) is 62.9 Å². The molecule has 6 heteroatoms. The number of β-amino-alcohol motifs (C(OH)–C–C–N with tert-alkyl or cyclic N) is 1. The number of hydrogen-bond donors (Lipinski definition) is 1. The number of aryl methyl sites for hydroxylation is 1. The molecule has 2 heterocycles. The lowest BCUT2D eigenvalue weighted by molar-refractivity contribution is 0.0759. The third-order valence-corrected chi connectivity index (χ3v) is 4.91. The first-order valence-electron chi connectivity index (χ1n) is 8.12. The lowest BCUT2D eigenvalue weighted by atomic mass is 10.2. The molecule has 0 radical (unpaired) electrons. The van der Waals surface area contributed by atoms with Crippen molar-refractivity contribution in [3.8, 4) is 0 Å². The van der Waals surface area contributed by atoms with Gasteiger partial charge in [0.05, 0.1) is 18.7 Å². The molecule has 0 amide bonds. The highest BCUT2D eigenvalue weighted by Crippen LogP contribution is 2.28. The molecule has 3 rings (SSSR count). The number of aliphatic hydroxyl groups excluding tert-OH is 1. The average Bonchev–Trinajstić information content (AvgIpc) is 3.17. The van der Waals surface area contributed by atoms with Crippen LogP contribution in [0.25, 0.3) is 0 Å². The van der Waals surface area contributed by atoms with Gasteiger partial charge in [0.2, 0.25) is 11.8 Å². The van der Waals surface area contributed by atoms with Crippen LogP contribution in [-0.2, 0) is 6.54 Å². The topological polar surface area (TPSA) is 65.6 Å². The molecule has 2 atom stereocenters. The fourth-order valence-corrected chi connectivity index (χ4v) is 3.76. The van der Waals surface area contributed by atoms with Gasteiger partial charge < -0.3 is 9.52 Å². The zero-order valence-electron chi connectivity index (χ0n) is 13.0. The Hall–Kier alpha value is -0.980. The molecule has 1 saturated carbocycles. The van der Waals surface area contributed by atoms with Crippen molar-refractivity contribution in [2.45, 2.75) is 64.3 Å². The zero-order chi connectivity index (χ0) is 14.8. The molecule has 2 fully saturated rings. The van der Waals surface area contributed by atoms with Gasteiger partial charge in [-0.25, -0.2) is 0 Å². The predicted octanol–water partition coefficient (Wildman–Crippen LogP) is 1.19. The van der Waals surface area contributed by atoms with E-state index in [1.807, 2.05) is 0 Å². The van der Waals surface area contributed by atoms with Crippen molar-refractivity contribution >= 4 is 0 Å². The molecular formula is C15H26N4O2. The van der Waals surface area contributed by atoms with Crippen LogP contribution < -0.4 is 0 Å². The van der Waals surface area contributed by atoms with Crippen LogP contribution in [0, 0.1) is 6.92 Å². The van der Waals surface area contributed by atoms with Gasteiger partial charge in [-0.1, -0.05) is 19.8 Å². The van der Waals surface area contributed by atoms with Crippen molar-refractivity contribution in [3.63, 3.8) is 0 Å². The summed E-state index contributed by atoms with van der Waals surface area (Å²) < 4.78 is 5.48. The summed E-state index contributed by atoms with van der Waals surface area (Å²) in [6.07, 6.45) is 4.96. The molecule has 1 saturated heterocycles. The minimum atomic E-state index is -0.283. The van der Waals surface area contributed by atoms with Gasteiger partial charge >= 0.3 is 0 Å². The molecule has 0 spiro atoms. The van der Waals surface area contributed by atoms with Gasteiger partial charge in [-0.15, -0.1) is 10.2 Å². The van der Waals surface area contributed by atoms with E-state index < -0.39 is 0 Å². The molecule has 1 N–H and O–H groups in total. The van der Waals surface area contributed by atoms with Gasteiger partial charge in [-0.2, -0.15) is 0 Å². The second-order valence-corrected chi connectivity index (χ2v) is 6.30. The summed E-state index contributed by atoms with van der Waals surface area (Å²) in [5, 5.41) is 18.4. The summed E-state index contributed by atoms with van der Waals surface area (Å²) in [6, 6.07) is 0.844. The van der Waals surface area contributed by atoms with Crippen LogP contribution in [0.4, 0.5) is 0 Å². The van der Waals surface area contributed by atoms with Crippen molar-refractivity contribution in [2.24, 2.45) is 0 Å². The van der Waals surface area contributed by atoms with Crippen molar-refractivity contribution in [2.75, 3.05) is 19.6 Å². The molecule has 6 nitrogen and oxygen atoms in total. The van der Waals surface area contributed by atoms with Gasteiger partial charge in [0.15, 0.2) is 0 Å². The summed E-state index contributed by atoms with van der Waals surface area (Å²) in [7, 11) is 0. The van der Waals surface area contributed by atoms with Gasteiger partial charge in [0.25, 0.3) is 0 Å². The van der Waals surface area contributed by atoms with Crippen LogP contribution in [0.15, 0.2) is 4.42 Å². The molecule has 21 heavy (non-hydrogen) atoms. The highest BCUT2D eigenvalue weighted by molar-refractivity contribution is 4.95. The van der Waals surface area contributed by atoms with Crippen LogP contribution in [0.5, 0.6) is 0 Å². The average molecular weight is 294 g/mol. The Kier molecular flexibility index (Phi) is 4.57. The van der Waals surface area contributed by atoms with Crippen molar-refractivity contribution in [1.29, 1.82) is 0 Å². The molecule has 0 unspecified atom stereocenters. The summed E-state index contributed by atoms with van der Waals surface area (Å²) >= 11 is 0. The maximum atomic E-state index is 10.5. The van der Waals surface area contributed by atoms with E-state index >= 15 is 0 Å². The van der Waals surface area contributed by atoms with Gasteiger partial charge in [-0.3, -0.25) is 9.80 Å². The van der Waals surface area contributed by atoms with Gasteiger partial charge in [0.1, 0.15) is 0 Å². The lowest BCUT2D eigenvalue weighted by Gasteiger charge is -2.29. The third kappa shape index (κ3) is 3.27. The first-order valence-corrected chi connectivity index (χ1v) is 8.12. The van der Waals surface area contributed by atoms with E-state index in [1.165, 1.54) is 25.7 Å². The lowest BCUT2D eigenvalue weighted by Crippen LogP contribution is -2.43. The van der Waals surface area contributed by atoms with E-state index in [0.717, 1.165) is 19.6 Å². The number of aliphatic hydroxyl groups is 1. The Bertz CT molecular complexity index is 458. The second-order valence-electron chi connectivity index (χ2n) is 6.30. The first kappa shape index (κ1) is 14.9. The Morgan fingerprint density at radius 1 is 1.29 bits per heavy atom. The normalized spacial score (nSPS) is 28.0. The molecule has 0 aromatic carbocycles. The van der Waals surface area contributed by atoms with E-state index in [-0.39, 0.29) is 12.1 Å². The smallest absolute Gasteiger partial charge is 0.230 e. The van der Waals surface area contributed by atoms with Gasteiger partial charge in [0, 0.05) is 26.1 Å². The van der Waals surface area contributed by atoms with E-state index in [4.69, 9.17) is 4.42 Å². The Balaban J connectivity index is 1.63. The highest BCUT2D eigenvalue weighted by Gasteiger charge is 2.38. The number of likely N-dealkylation sites (tertiary alicyclic amines) is 1. The summed E-state index contributed by atoms with van der Waals surface area (Å²) in [6.45, 7) is 7.17. The first-order chi connectivity index (χ1) is 10.2. The van der Waals surface area contributed by atoms with Crippen molar-refractivity contribution in [1.82, 2.24) is 20.0 Å². The molecule has 2 aliphatic rings. The molecule has 1 aliphatic heterocycles. The van der Waals surface area contributed by atoms with Crippen molar-refractivity contribution in [3.05, 3.63) is 11.8 Å². The predicted molar refractivity (Wildman–Crippen MR) is 78.7 cm³/mol. The minimum Gasteiger partial charge on any atom is -0.424 e. The number of rotatable bonds is 5. The summed E-state index contributed by atoms with van der Waals surface area (Å²) in [4.78, 5) is 4.73. The van der Waals surface area contributed by atoms with Crippen LogP contribution >= 0.6 is 0 Å². The monoisotopic (exact) mass is 294 g/mol. The molecule has 1 aromatic heterocycles. The Labute approximate surface area is 126 Å². The maximum absolute atomic E-state index is 10.5.